The first-order valence-electron chi connectivity index (χ1n) is 3.69. The Labute approximate surface area is 79.1 Å². The zero-order valence-corrected chi connectivity index (χ0v) is 8.95. The van der Waals surface area contributed by atoms with Crippen LogP contribution in [0.15, 0.2) is 0 Å². The van der Waals surface area contributed by atoms with Crippen LogP contribution < -0.4 is 0 Å². The molecule has 0 rings (SSSR count). The Kier molecular flexibility index (Phi) is 5.48. The number of hydrogen-bond acceptors (Lipinski definition) is 2. The third kappa shape index (κ3) is 3.94. The van der Waals surface area contributed by atoms with Gasteiger partial charge in [-0.25, -0.2) is 0 Å². The van der Waals surface area contributed by atoms with Gasteiger partial charge in [-0.3, -0.25) is 0 Å². The summed E-state index contributed by atoms with van der Waals surface area (Å²) in [5.41, 5.74) is 0. The average molecular weight is 218 g/mol. The van der Waals surface area contributed by atoms with Crippen LogP contribution in [0.2, 0.25) is 0 Å². The van der Waals surface area contributed by atoms with Crippen molar-refractivity contribution in [2.75, 3.05) is 6.26 Å². The van der Waals surface area contributed by atoms with Crippen LogP contribution in [0.25, 0.3) is 0 Å². The van der Waals surface area contributed by atoms with Gasteiger partial charge in [0.15, 0.2) is 0 Å². The maximum absolute atomic E-state index is 12.3. The second-order valence-electron chi connectivity index (χ2n) is 2.61. The highest BCUT2D eigenvalue weighted by Gasteiger charge is 2.42. The molecule has 1 unspecified atom stereocenters. The van der Waals surface area contributed by atoms with Crippen LogP contribution in [0.3, 0.4) is 0 Å². The summed E-state index contributed by atoms with van der Waals surface area (Å²) in [6, 6.07) is 0. The Morgan fingerprint density at radius 1 is 1.33 bits per heavy atom. The van der Waals surface area contributed by atoms with Crippen molar-refractivity contribution in [2.24, 2.45) is 5.92 Å². The molecule has 74 valence electrons. The lowest BCUT2D eigenvalue weighted by Gasteiger charge is -2.23. The molecule has 5 heteroatoms. The number of rotatable bonds is 4. The fourth-order valence-corrected chi connectivity index (χ4v) is 3.01. The van der Waals surface area contributed by atoms with Crippen LogP contribution in [-0.4, -0.2) is 17.7 Å². The molecule has 0 heterocycles. The molecule has 0 aromatic carbocycles. The molecular weight excluding hydrogens is 205 g/mol. The van der Waals surface area contributed by atoms with Gasteiger partial charge in [0.05, 0.1) is 0 Å². The van der Waals surface area contributed by atoms with Crippen LogP contribution in [0, 0.1) is 5.92 Å². The van der Waals surface area contributed by atoms with Crippen LogP contribution in [0.4, 0.5) is 13.2 Å². The van der Waals surface area contributed by atoms with Crippen molar-refractivity contribution >= 4 is 21.6 Å². The van der Waals surface area contributed by atoms with E-state index < -0.39 is 11.4 Å². The molecule has 2 atom stereocenters. The second kappa shape index (κ2) is 5.27. The molecule has 0 aliphatic rings. The van der Waals surface area contributed by atoms with E-state index in [9.17, 15) is 13.2 Å². The predicted octanol–water partition coefficient (Wildman–Crippen LogP) is 3.97. The SMILES string of the molecule is CCC(C)[C@@H](SSC)C(F)(F)F. The Balaban J connectivity index is 4.22. The number of hydrogen-bond donors (Lipinski definition) is 0. The van der Waals surface area contributed by atoms with E-state index in [0.717, 1.165) is 10.8 Å². The molecule has 0 aliphatic heterocycles. The van der Waals surface area contributed by atoms with E-state index in [2.05, 4.69) is 0 Å². The first-order chi connectivity index (χ1) is 5.43. The van der Waals surface area contributed by atoms with E-state index in [-0.39, 0.29) is 5.92 Å². The summed E-state index contributed by atoms with van der Waals surface area (Å²) in [6.07, 6.45) is -1.83. The van der Waals surface area contributed by atoms with Crippen LogP contribution in [-0.2, 0) is 0 Å². The third-order valence-electron chi connectivity index (χ3n) is 1.68. The standard InChI is InChI=1S/C7H13F3S2/c1-4-5(2)6(12-11-3)7(8,9)10/h5-6H,4H2,1-3H3/t5?,6-/m1/s1. The van der Waals surface area contributed by atoms with Gasteiger partial charge in [0.1, 0.15) is 5.25 Å². The van der Waals surface area contributed by atoms with E-state index >= 15 is 0 Å². The van der Waals surface area contributed by atoms with E-state index in [1.807, 2.05) is 0 Å². The van der Waals surface area contributed by atoms with Gasteiger partial charge in [-0.2, -0.15) is 13.2 Å². The first-order valence-corrected chi connectivity index (χ1v) is 6.31. The van der Waals surface area contributed by atoms with Crippen LogP contribution in [0.5, 0.6) is 0 Å². The Morgan fingerprint density at radius 2 is 1.83 bits per heavy atom. The van der Waals surface area contributed by atoms with E-state index in [1.165, 1.54) is 10.8 Å². The molecule has 0 bridgehead atoms. The highest BCUT2D eigenvalue weighted by molar-refractivity contribution is 8.76. The van der Waals surface area contributed by atoms with Crippen molar-refractivity contribution in [1.82, 2.24) is 0 Å². The van der Waals surface area contributed by atoms with E-state index in [1.54, 1.807) is 20.1 Å². The van der Waals surface area contributed by atoms with Gasteiger partial charge in [0.25, 0.3) is 0 Å². The highest BCUT2D eigenvalue weighted by Crippen LogP contribution is 2.41. The highest BCUT2D eigenvalue weighted by atomic mass is 33.1. The van der Waals surface area contributed by atoms with Crippen molar-refractivity contribution in [3.8, 4) is 0 Å². The number of alkyl halides is 3. The summed E-state index contributed by atoms with van der Waals surface area (Å²) in [5.74, 6) is -0.303. The number of halogens is 3. The van der Waals surface area contributed by atoms with Gasteiger partial charge in [0.2, 0.25) is 0 Å². The van der Waals surface area contributed by atoms with Crippen molar-refractivity contribution in [3.63, 3.8) is 0 Å². The van der Waals surface area contributed by atoms with Gasteiger partial charge >= 0.3 is 6.18 Å². The van der Waals surface area contributed by atoms with Gasteiger partial charge in [0, 0.05) is 0 Å². The molecule has 0 aromatic heterocycles. The first kappa shape index (κ1) is 12.5. The predicted molar refractivity (Wildman–Crippen MR) is 50.4 cm³/mol. The zero-order chi connectivity index (χ0) is 9.78. The summed E-state index contributed by atoms with van der Waals surface area (Å²) in [4.78, 5) is 0. The van der Waals surface area contributed by atoms with Gasteiger partial charge in [-0.15, -0.1) is 0 Å². The second-order valence-corrected chi connectivity index (χ2v) is 5.22. The molecule has 0 aromatic rings. The smallest absolute Gasteiger partial charge is 0.170 e. The molecule has 12 heavy (non-hydrogen) atoms. The summed E-state index contributed by atoms with van der Waals surface area (Å²) in [6.45, 7) is 3.42. The molecule has 0 fully saturated rings. The molecule has 0 amide bonds. The van der Waals surface area contributed by atoms with Gasteiger partial charge in [-0.05, 0) is 12.2 Å². The molecule has 0 radical (unpaired) electrons. The lowest BCUT2D eigenvalue weighted by molar-refractivity contribution is -0.136. The zero-order valence-electron chi connectivity index (χ0n) is 7.31. The molecule has 0 saturated heterocycles. The maximum atomic E-state index is 12.3. The quantitative estimate of drug-likeness (QED) is 0.655. The minimum Gasteiger partial charge on any atom is -0.170 e. The molecule has 0 nitrogen and oxygen atoms in total. The van der Waals surface area contributed by atoms with Crippen molar-refractivity contribution in [3.05, 3.63) is 0 Å². The van der Waals surface area contributed by atoms with Gasteiger partial charge < -0.3 is 0 Å². The third-order valence-corrected chi connectivity index (χ3v) is 4.01. The fraction of sp³-hybridized carbons (Fsp3) is 1.00. The van der Waals surface area contributed by atoms with Crippen molar-refractivity contribution in [2.45, 2.75) is 31.7 Å². The molecule has 0 saturated carbocycles. The Hall–Kier alpha value is 0.490. The normalized spacial score (nSPS) is 17.5. The summed E-state index contributed by atoms with van der Waals surface area (Å²) < 4.78 is 36.9. The Bertz CT molecular complexity index is 124. The van der Waals surface area contributed by atoms with Crippen molar-refractivity contribution < 1.29 is 13.2 Å². The minimum absolute atomic E-state index is 0.303. The maximum Gasteiger partial charge on any atom is 0.401 e. The topological polar surface area (TPSA) is 0 Å². The van der Waals surface area contributed by atoms with Gasteiger partial charge in [-0.1, -0.05) is 41.9 Å². The molecular formula is C7H13F3S2. The molecule has 0 aliphatic carbocycles. The lowest BCUT2D eigenvalue weighted by atomic mass is 10.0. The summed E-state index contributed by atoms with van der Waals surface area (Å²) in [7, 11) is 2.08. The summed E-state index contributed by atoms with van der Waals surface area (Å²) >= 11 is 0. The largest absolute Gasteiger partial charge is 0.401 e. The van der Waals surface area contributed by atoms with Crippen molar-refractivity contribution in [1.29, 1.82) is 0 Å². The molecule has 0 N–H and O–H groups in total. The molecule has 0 spiro atoms. The fourth-order valence-electron chi connectivity index (χ4n) is 0.790. The van der Waals surface area contributed by atoms with E-state index in [0.29, 0.717) is 6.42 Å². The lowest BCUT2D eigenvalue weighted by Crippen LogP contribution is -2.30. The summed E-state index contributed by atoms with van der Waals surface area (Å²) in [5, 5.41) is -1.22. The van der Waals surface area contributed by atoms with E-state index in [4.69, 9.17) is 0 Å². The van der Waals surface area contributed by atoms with Crippen LogP contribution in [0.1, 0.15) is 20.3 Å². The minimum atomic E-state index is -4.07. The average Bonchev–Trinajstić information content (AvgIpc) is 1.96. The monoisotopic (exact) mass is 218 g/mol. The Morgan fingerprint density at radius 3 is 2.08 bits per heavy atom. The van der Waals surface area contributed by atoms with Crippen LogP contribution >= 0.6 is 21.6 Å².